The molecule has 4 aromatic carbocycles. The molecule has 8 rings (SSSR count). The molecule has 0 aromatic heterocycles. The quantitative estimate of drug-likeness (QED) is 0.236. The van der Waals surface area contributed by atoms with E-state index in [4.69, 9.17) is 0 Å². The fraction of sp³-hybridized carbons (Fsp3) is 0.300. The summed E-state index contributed by atoms with van der Waals surface area (Å²) in [7, 11) is -1.16. The van der Waals surface area contributed by atoms with Crippen LogP contribution < -0.4 is 9.80 Å². The van der Waals surface area contributed by atoms with E-state index in [2.05, 4.69) is 140 Å². The van der Waals surface area contributed by atoms with E-state index in [0.29, 0.717) is 16.5 Å². The van der Waals surface area contributed by atoms with Crippen LogP contribution in [-0.2, 0) is 12.8 Å². The third-order valence-electron chi connectivity index (χ3n) is 10.5. The first kappa shape index (κ1) is 26.9. The number of aryl methyl sites for hydroxylation is 1. The summed E-state index contributed by atoms with van der Waals surface area (Å²) in [6.45, 7) is 8.24. The predicted octanol–water partition coefficient (Wildman–Crippen LogP) is 10.5. The minimum atomic E-state index is -1.16. The highest BCUT2D eigenvalue weighted by Gasteiger charge is 2.43. The maximum Gasteiger partial charge on any atom is 0.0490 e. The Morgan fingerprint density at radius 2 is 1.19 bits per heavy atom. The molecule has 2 heterocycles. The van der Waals surface area contributed by atoms with Gasteiger partial charge in [-0.05, 0) is 99.1 Å². The molecular weight excluding hydrogens is 541 g/mol. The van der Waals surface area contributed by atoms with E-state index in [0.717, 1.165) is 13.0 Å². The van der Waals surface area contributed by atoms with Crippen LogP contribution in [0.25, 0.3) is 12.2 Å². The van der Waals surface area contributed by atoms with Crippen LogP contribution in [0.5, 0.6) is 0 Å². The van der Waals surface area contributed by atoms with Gasteiger partial charge in [0, 0.05) is 57.0 Å². The molecule has 3 unspecified atom stereocenters. The van der Waals surface area contributed by atoms with Crippen LogP contribution in [0, 0.1) is 0 Å². The Morgan fingerprint density at radius 3 is 1.88 bits per heavy atom. The van der Waals surface area contributed by atoms with Gasteiger partial charge in [-0.1, -0.05) is 84.0 Å². The number of rotatable bonds is 4. The van der Waals surface area contributed by atoms with Crippen molar-refractivity contribution in [2.75, 3.05) is 28.9 Å². The van der Waals surface area contributed by atoms with Crippen molar-refractivity contribution >= 4 is 44.9 Å². The molecule has 0 fully saturated rings. The van der Waals surface area contributed by atoms with Crippen LogP contribution in [0.1, 0.15) is 71.1 Å². The van der Waals surface area contributed by atoms with Crippen molar-refractivity contribution in [1.29, 1.82) is 0 Å². The Bertz CT molecular complexity index is 1830. The Hall–Kier alpha value is -3.69. The number of nitrogens with zero attached hydrogens (tertiary/aromatic N) is 2. The number of hydrogen-bond acceptors (Lipinski definition) is 2. The van der Waals surface area contributed by atoms with Gasteiger partial charge in [-0.25, -0.2) is 10.0 Å². The van der Waals surface area contributed by atoms with E-state index in [1.165, 1.54) is 80.1 Å². The molecule has 0 saturated carbocycles. The van der Waals surface area contributed by atoms with E-state index >= 15 is 0 Å². The van der Waals surface area contributed by atoms with Gasteiger partial charge in [-0.15, -0.1) is 0 Å². The first-order valence-corrected chi connectivity index (χ1v) is 18.5. The second kappa shape index (κ2) is 9.92. The van der Waals surface area contributed by atoms with E-state index in [-0.39, 0.29) is 0 Å². The van der Waals surface area contributed by atoms with Gasteiger partial charge in [0.1, 0.15) is 0 Å². The molecular formula is C40H42N2S. The number of benzene rings is 4. The maximum absolute atomic E-state index is 2.60. The molecule has 218 valence electrons. The molecule has 2 nitrogen and oxygen atoms in total. The molecule has 0 amide bonds. The van der Waals surface area contributed by atoms with Crippen molar-refractivity contribution in [3.05, 3.63) is 129 Å². The predicted molar refractivity (Wildman–Crippen MR) is 189 cm³/mol. The SMILES string of the molecule is CC1=Cc2c(cccc2N2CCCc3ccccc32)C1S(C)(C)C1C(C)=Cc2c1cccc2N1c2ccccc2CC1C. The monoisotopic (exact) mass is 582 g/mol. The minimum absolute atomic E-state index is 0.439. The first-order chi connectivity index (χ1) is 20.8. The normalized spacial score (nSPS) is 22.5. The second-order valence-electron chi connectivity index (χ2n) is 13.5. The summed E-state index contributed by atoms with van der Waals surface area (Å²) in [4.78, 5) is 5.19. The molecule has 0 N–H and O–H groups in total. The van der Waals surface area contributed by atoms with E-state index in [1.54, 1.807) is 0 Å². The van der Waals surface area contributed by atoms with Crippen LogP contribution >= 0.6 is 10.0 Å². The second-order valence-corrected chi connectivity index (χ2v) is 17.4. The molecule has 2 aliphatic carbocycles. The lowest BCUT2D eigenvalue weighted by Gasteiger charge is -2.46. The molecule has 4 aromatic rings. The fourth-order valence-electron chi connectivity index (χ4n) is 8.92. The molecule has 0 radical (unpaired) electrons. The number of anilines is 4. The van der Waals surface area contributed by atoms with Gasteiger partial charge in [0.15, 0.2) is 0 Å². The number of hydrogen-bond donors (Lipinski definition) is 0. The highest BCUT2D eigenvalue weighted by atomic mass is 32.3. The molecule has 0 saturated heterocycles. The molecule has 3 atom stereocenters. The van der Waals surface area contributed by atoms with Crippen LogP contribution in [0.15, 0.2) is 96.1 Å². The average molecular weight is 583 g/mol. The third-order valence-corrected chi connectivity index (χ3v) is 14.1. The van der Waals surface area contributed by atoms with Gasteiger partial charge in [0.05, 0.1) is 0 Å². The van der Waals surface area contributed by atoms with E-state index in [9.17, 15) is 0 Å². The highest BCUT2D eigenvalue weighted by molar-refractivity contribution is 8.33. The Labute approximate surface area is 259 Å². The fourth-order valence-corrected chi connectivity index (χ4v) is 13.0. The summed E-state index contributed by atoms with van der Waals surface area (Å²) in [5, 5.41) is 0.881. The van der Waals surface area contributed by atoms with Crippen molar-refractivity contribution in [1.82, 2.24) is 0 Å². The summed E-state index contributed by atoms with van der Waals surface area (Å²) in [5.74, 6) is 0. The lowest BCUT2D eigenvalue weighted by molar-refractivity contribution is 0.758. The van der Waals surface area contributed by atoms with Crippen molar-refractivity contribution < 1.29 is 0 Å². The summed E-state index contributed by atoms with van der Waals surface area (Å²) < 4.78 is 0. The van der Waals surface area contributed by atoms with Crippen LogP contribution in [0.4, 0.5) is 22.7 Å². The van der Waals surface area contributed by atoms with Gasteiger partial charge in [-0.2, -0.15) is 0 Å². The molecule has 2 aliphatic heterocycles. The smallest absolute Gasteiger partial charge is 0.0490 e. The van der Waals surface area contributed by atoms with Crippen LogP contribution in [0.2, 0.25) is 0 Å². The van der Waals surface area contributed by atoms with E-state index in [1.807, 2.05) is 0 Å². The third kappa shape index (κ3) is 4.00. The summed E-state index contributed by atoms with van der Waals surface area (Å²) >= 11 is 0. The lowest BCUT2D eigenvalue weighted by atomic mass is 9.99. The lowest BCUT2D eigenvalue weighted by Crippen LogP contribution is -2.25. The minimum Gasteiger partial charge on any atom is -0.341 e. The van der Waals surface area contributed by atoms with Gasteiger partial charge < -0.3 is 9.80 Å². The van der Waals surface area contributed by atoms with Crippen molar-refractivity contribution in [3.63, 3.8) is 0 Å². The maximum atomic E-state index is 2.60. The zero-order valence-electron chi connectivity index (χ0n) is 26.1. The number of para-hydroxylation sites is 2. The molecule has 4 aliphatic rings. The van der Waals surface area contributed by atoms with Crippen LogP contribution in [-0.4, -0.2) is 25.1 Å². The van der Waals surface area contributed by atoms with Gasteiger partial charge in [0.25, 0.3) is 0 Å². The zero-order valence-corrected chi connectivity index (χ0v) is 26.9. The van der Waals surface area contributed by atoms with Crippen molar-refractivity contribution in [2.45, 2.75) is 56.6 Å². The summed E-state index contributed by atoms with van der Waals surface area (Å²) in [6.07, 6.45) is 13.7. The van der Waals surface area contributed by atoms with Gasteiger partial charge in [0.2, 0.25) is 0 Å². The topological polar surface area (TPSA) is 6.48 Å². The standard InChI is InChI=1S/C40H42N2S/c1-26-23-33-31(16-10-20-37(33)41-22-12-15-29-13-6-8-18-35(29)41)39(26)43(4,5)40-27(2)24-34-32(40)17-11-21-38(34)42-28(3)25-30-14-7-9-19-36(30)42/h6-11,13-14,16-21,23-24,28,39-40H,12,15,22,25H2,1-5H3. The van der Waals surface area contributed by atoms with Gasteiger partial charge >= 0.3 is 0 Å². The molecule has 0 bridgehead atoms. The number of fused-ring (bicyclic) bond motifs is 4. The summed E-state index contributed by atoms with van der Waals surface area (Å²) in [6, 6.07) is 32.6. The summed E-state index contributed by atoms with van der Waals surface area (Å²) in [5.41, 5.74) is 17.4. The van der Waals surface area contributed by atoms with Crippen molar-refractivity contribution in [3.8, 4) is 0 Å². The zero-order chi connectivity index (χ0) is 29.5. The first-order valence-electron chi connectivity index (χ1n) is 15.9. The average Bonchev–Trinajstić information content (AvgIpc) is 3.65. The van der Waals surface area contributed by atoms with E-state index < -0.39 is 10.0 Å². The Kier molecular flexibility index (Phi) is 6.21. The molecule has 3 heteroatoms. The highest BCUT2D eigenvalue weighted by Crippen LogP contribution is 2.73. The van der Waals surface area contributed by atoms with Crippen LogP contribution in [0.3, 0.4) is 0 Å². The van der Waals surface area contributed by atoms with Crippen molar-refractivity contribution in [2.24, 2.45) is 0 Å². The Balaban J connectivity index is 1.20. The molecule has 0 spiro atoms. The largest absolute Gasteiger partial charge is 0.341 e. The molecule has 43 heavy (non-hydrogen) atoms. The van der Waals surface area contributed by atoms with Gasteiger partial charge in [-0.3, -0.25) is 0 Å². The Morgan fingerprint density at radius 1 is 0.628 bits per heavy atom.